The Morgan fingerprint density at radius 3 is 2.28 bits per heavy atom. The van der Waals surface area contributed by atoms with Crippen LogP contribution in [0.25, 0.3) is 0 Å². The predicted octanol–water partition coefficient (Wildman–Crippen LogP) is 0.570. The number of hydrogen-bond donors (Lipinski definition) is 5. The number of nitrogens with zero attached hydrogens (tertiary/aromatic N) is 1. The minimum Gasteiger partial charge on any atom is -0.508 e. The Balaban J connectivity index is 1.70. The van der Waals surface area contributed by atoms with Crippen LogP contribution < -0.4 is 16.4 Å². The number of carboxylic acids is 1. The second kappa shape index (κ2) is 12.2. The van der Waals surface area contributed by atoms with Crippen LogP contribution in [0.3, 0.4) is 0 Å². The summed E-state index contributed by atoms with van der Waals surface area (Å²) in [6.07, 6.45) is 1.44. The summed E-state index contributed by atoms with van der Waals surface area (Å²) in [5.74, 6) is -2.56. The lowest BCUT2D eigenvalue weighted by atomic mass is 10.0. The van der Waals surface area contributed by atoms with Crippen molar-refractivity contribution in [3.05, 3.63) is 65.7 Å². The van der Waals surface area contributed by atoms with E-state index in [0.717, 1.165) is 11.1 Å². The van der Waals surface area contributed by atoms with Crippen molar-refractivity contribution in [3.8, 4) is 5.75 Å². The minimum atomic E-state index is -1.19. The molecule has 1 aliphatic rings. The summed E-state index contributed by atoms with van der Waals surface area (Å²) in [5, 5.41) is 23.7. The van der Waals surface area contributed by atoms with Gasteiger partial charge in [-0.3, -0.25) is 19.2 Å². The van der Waals surface area contributed by atoms with Crippen molar-refractivity contribution in [3.63, 3.8) is 0 Å². The third-order valence-electron chi connectivity index (χ3n) is 6.19. The Kier molecular flexibility index (Phi) is 9.02. The van der Waals surface area contributed by atoms with Gasteiger partial charge in [0.1, 0.15) is 23.9 Å². The Hall–Kier alpha value is -3.92. The zero-order valence-corrected chi connectivity index (χ0v) is 20.1. The smallest absolute Gasteiger partial charge is 0.325 e. The maximum absolute atomic E-state index is 13.2. The number of nitrogens with one attached hydrogen (secondary N) is 2. The molecule has 6 N–H and O–H groups in total. The van der Waals surface area contributed by atoms with Crippen molar-refractivity contribution in [2.45, 2.75) is 56.8 Å². The number of phenols is 1. The standard InChI is InChI=1S/C26H32N4O6/c1-16(26(35)36)28-23(32)21(15-17-6-3-2-4-7-17)29-24(33)22-8-5-13-30(22)25(34)20(27)14-18-9-11-19(31)12-10-18/h2-4,6-7,9-12,16,20-22,31H,5,8,13-15,27H2,1H3,(H,28,32)(H,29,33)(H,35,36)/t16-,20-,21-,22-/m0/s1. The molecule has 0 aromatic heterocycles. The third-order valence-corrected chi connectivity index (χ3v) is 6.19. The number of aromatic hydroxyl groups is 1. The molecule has 1 fully saturated rings. The fourth-order valence-corrected chi connectivity index (χ4v) is 4.19. The Morgan fingerprint density at radius 1 is 1.00 bits per heavy atom. The number of amides is 3. The lowest BCUT2D eigenvalue weighted by molar-refractivity contribution is -0.142. The summed E-state index contributed by atoms with van der Waals surface area (Å²) in [4.78, 5) is 51.8. The lowest BCUT2D eigenvalue weighted by Gasteiger charge is -2.28. The van der Waals surface area contributed by atoms with Crippen LogP contribution in [0.4, 0.5) is 0 Å². The number of rotatable bonds is 10. The largest absolute Gasteiger partial charge is 0.508 e. The number of carbonyl (C=O) groups is 4. The van der Waals surface area contributed by atoms with E-state index < -0.39 is 42.0 Å². The van der Waals surface area contributed by atoms with Crippen molar-refractivity contribution >= 4 is 23.7 Å². The molecule has 3 rings (SSSR count). The van der Waals surface area contributed by atoms with Gasteiger partial charge in [-0.05, 0) is 49.4 Å². The molecule has 36 heavy (non-hydrogen) atoms. The van der Waals surface area contributed by atoms with Crippen molar-refractivity contribution in [1.82, 2.24) is 15.5 Å². The molecule has 1 aliphatic heterocycles. The van der Waals surface area contributed by atoms with Crippen LogP contribution in [-0.2, 0) is 32.0 Å². The quantitative estimate of drug-likeness (QED) is 0.321. The summed E-state index contributed by atoms with van der Waals surface area (Å²) in [7, 11) is 0. The van der Waals surface area contributed by atoms with E-state index in [4.69, 9.17) is 10.8 Å². The van der Waals surface area contributed by atoms with E-state index in [2.05, 4.69) is 10.6 Å². The van der Waals surface area contributed by atoms with Gasteiger partial charge in [0.25, 0.3) is 0 Å². The van der Waals surface area contributed by atoms with Gasteiger partial charge in [0.2, 0.25) is 17.7 Å². The molecule has 0 saturated carbocycles. The number of hydrogen-bond acceptors (Lipinski definition) is 6. The van der Waals surface area contributed by atoms with Gasteiger partial charge in [0.05, 0.1) is 6.04 Å². The van der Waals surface area contributed by atoms with Crippen molar-refractivity contribution in [2.75, 3.05) is 6.54 Å². The number of nitrogens with two attached hydrogens (primary N) is 1. The number of benzene rings is 2. The van der Waals surface area contributed by atoms with Gasteiger partial charge >= 0.3 is 5.97 Å². The Bertz CT molecular complexity index is 1080. The van der Waals surface area contributed by atoms with E-state index in [-0.39, 0.29) is 24.5 Å². The molecule has 3 amide bonds. The van der Waals surface area contributed by atoms with E-state index in [9.17, 15) is 24.3 Å². The average Bonchev–Trinajstić information content (AvgIpc) is 3.35. The second-order valence-corrected chi connectivity index (χ2v) is 8.99. The van der Waals surface area contributed by atoms with Crippen molar-refractivity contribution in [1.29, 1.82) is 0 Å². The molecule has 0 spiro atoms. The van der Waals surface area contributed by atoms with Gasteiger partial charge in [-0.15, -0.1) is 0 Å². The number of phenolic OH excluding ortho intramolecular Hbond substituents is 1. The summed E-state index contributed by atoms with van der Waals surface area (Å²) in [6, 6.07) is 11.6. The highest BCUT2D eigenvalue weighted by Gasteiger charge is 2.37. The topological polar surface area (TPSA) is 162 Å². The number of carboxylic acid groups (broad SMARTS) is 1. The first-order valence-corrected chi connectivity index (χ1v) is 11.9. The zero-order valence-electron chi connectivity index (χ0n) is 20.1. The van der Waals surface area contributed by atoms with Gasteiger partial charge < -0.3 is 31.5 Å². The summed E-state index contributed by atoms with van der Waals surface area (Å²) in [5.41, 5.74) is 7.73. The molecule has 0 radical (unpaired) electrons. The molecule has 2 aromatic carbocycles. The molecule has 2 aromatic rings. The van der Waals surface area contributed by atoms with E-state index in [0.29, 0.717) is 19.4 Å². The molecular formula is C26H32N4O6. The van der Waals surface area contributed by atoms with Crippen molar-refractivity contribution in [2.24, 2.45) is 5.73 Å². The van der Waals surface area contributed by atoms with E-state index >= 15 is 0 Å². The van der Waals surface area contributed by atoms with Crippen LogP contribution in [0, 0.1) is 0 Å². The first-order valence-electron chi connectivity index (χ1n) is 11.9. The van der Waals surface area contributed by atoms with Gasteiger partial charge in [-0.2, -0.15) is 0 Å². The van der Waals surface area contributed by atoms with E-state index in [1.54, 1.807) is 36.4 Å². The summed E-state index contributed by atoms with van der Waals surface area (Å²) >= 11 is 0. The van der Waals surface area contributed by atoms with Gasteiger partial charge in [-0.1, -0.05) is 42.5 Å². The maximum atomic E-state index is 13.2. The number of aliphatic carboxylic acids is 1. The molecule has 192 valence electrons. The first-order chi connectivity index (χ1) is 17.2. The highest BCUT2D eigenvalue weighted by atomic mass is 16.4. The van der Waals surface area contributed by atoms with Crippen molar-refractivity contribution < 1.29 is 29.4 Å². The highest BCUT2D eigenvalue weighted by molar-refractivity contribution is 5.94. The van der Waals surface area contributed by atoms with Gasteiger partial charge in [-0.25, -0.2) is 0 Å². The minimum absolute atomic E-state index is 0.113. The molecule has 10 nitrogen and oxygen atoms in total. The molecule has 1 heterocycles. The monoisotopic (exact) mass is 496 g/mol. The maximum Gasteiger partial charge on any atom is 0.325 e. The van der Waals surface area contributed by atoms with Gasteiger partial charge in [0, 0.05) is 13.0 Å². The van der Waals surface area contributed by atoms with E-state index in [1.165, 1.54) is 24.0 Å². The number of likely N-dealkylation sites (tertiary alicyclic amines) is 1. The van der Waals surface area contributed by atoms with Crippen LogP contribution >= 0.6 is 0 Å². The van der Waals surface area contributed by atoms with Crippen LogP contribution in [0.5, 0.6) is 5.75 Å². The van der Waals surface area contributed by atoms with Crippen LogP contribution in [0.1, 0.15) is 30.9 Å². The predicted molar refractivity (Wildman–Crippen MR) is 132 cm³/mol. The summed E-state index contributed by atoms with van der Waals surface area (Å²) < 4.78 is 0. The third kappa shape index (κ3) is 7.05. The summed E-state index contributed by atoms with van der Waals surface area (Å²) in [6.45, 7) is 1.71. The average molecular weight is 497 g/mol. The number of carbonyl (C=O) groups excluding carboxylic acids is 3. The molecule has 1 saturated heterocycles. The molecular weight excluding hydrogens is 464 g/mol. The zero-order chi connectivity index (χ0) is 26.2. The molecule has 4 atom stereocenters. The van der Waals surface area contributed by atoms with Crippen LogP contribution in [0.2, 0.25) is 0 Å². The van der Waals surface area contributed by atoms with Gasteiger partial charge in [0.15, 0.2) is 0 Å². The van der Waals surface area contributed by atoms with Crippen LogP contribution in [0.15, 0.2) is 54.6 Å². The molecule has 0 bridgehead atoms. The fraction of sp³-hybridized carbons (Fsp3) is 0.385. The molecule has 0 aliphatic carbocycles. The lowest BCUT2D eigenvalue weighted by Crippen LogP contribution is -2.57. The SMILES string of the molecule is C[C@H](NC(=O)[C@H](Cc1ccccc1)NC(=O)[C@@H]1CCCN1C(=O)[C@@H](N)Cc1ccc(O)cc1)C(=O)O. The highest BCUT2D eigenvalue weighted by Crippen LogP contribution is 2.20. The van der Waals surface area contributed by atoms with E-state index in [1.807, 2.05) is 6.07 Å². The normalized spacial score (nSPS) is 17.6. The Labute approximate surface area is 209 Å². The molecule has 0 unspecified atom stereocenters. The van der Waals surface area contributed by atoms with Crippen LogP contribution in [-0.4, -0.2) is 69.5 Å². The molecule has 10 heteroatoms. The fourth-order valence-electron chi connectivity index (χ4n) is 4.19. The first kappa shape index (κ1) is 26.7. The Morgan fingerprint density at radius 2 is 1.64 bits per heavy atom. The second-order valence-electron chi connectivity index (χ2n) is 8.99.